The Morgan fingerprint density at radius 2 is 2.56 bits per heavy atom. The van der Waals surface area contributed by atoms with Crippen molar-refractivity contribution < 1.29 is 5.21 Å². The molecule has 0 unspecified atom stereocenters. The predicted molar refractivity (Wildman–Crippen MR) is 73.9 cm³/mol. The summed E-state index contributed by atoms with van der Waals surface area (Å²) in [6, 6.07) is 0. The van der Waals surface area contributed by atoms with Gasteiger partial charge in [0.15, 0.2) is 5.15 Å². The van der Waals surface area contributed by atoms with Gasteiger partial charge in [0.2, 0.25) is 0 Å². The lowest BCUT2D eigenvalue weighted by Gasteiger charge is -1.99. The van der Waals surface area contributed by atoms with Gasteiger partial charge < -0.3 is 10.5 Å². The lowest BCUT2D eigenvalue weighted by atomic mass is 10.4. The first-order chi connectivity index (χ1) is 8.72. The third kappa shape index (κ3) is 3.68. The maximum Gasteiger partial charge on any atom is 0.174 e. The molecule has 0 amide bonds. The molecule has 1 heterocycles. The number of nitrogens with zero attached hydrogens (tertiary/aromatic N) is 3. The molecule has 0 atom stereocenters. The minimum atomic E-state index is 0.294. The Bertz CT molecular complexity index is 523. The minimum absolute atomic E-state index is 0.294. The average Bonchev–Trinajstić information content (AvgIpc) is 2.73. The van der Waals surface area contributed by atoms with E-state index in [1.165, 1.54) is 10.9 Å². The maximum atomic E-state index is 8.60. The molecule has 1 aromatic heterocycles. The summed E-state index contributed by atoms with van der Waals surface area (Å²) in [4.78, 5) is 0. The minimum Gasteiger partial charge on any atom is -0.411 e. The normalized spacial score (nSPS) is 12.2. The summed E-state index contributed by atoms with van der Waals surface area (Å²) in [6.45, 7) is 2.23. The van der Waals surface area contributed by atoms with E-state index in [2.05, 4.69) is 21.5 Å². The molecule has 0 aliphatic carbocycles. The van der Waals surface area contributed by atoms with E-state index in [0.717, 1.165) is 0 Å². The van der Waals surface area contributed by atoms with Crippen molar-refractivity contribution in [3.8, 4) is 12.3 Å². The van der Waals surface area contributed by atoms with Crippen molar-refractivity contribution in [1.29, 1.82) is 0 Å². The van der Waals surface area contributed by atoms with Crippen LogP contribution in [0, 0.1) is 12.3 Å². The van der Waals surface area contributed by atoms with Crippen molar-refractivity contribution >= 4 is 29.2 Å². The lowest BCUT2D eigenvalue weighted by Crippen LogP contribution is -1.99. The number of hydrogen-bond donors (Lipinski definition) is 2. The third-order valence-electron chi connectivity index (χ3n) is 1.96. The molecule has 0 aromatic carbocycles. The molecule has 5 nitrogen and oxygen atoms in total. The summed E-state index contributed by atoms with van der Waals surface area (Å²) in [7, 11) is 0. The van der Waals surface area contributed by atoms with Crippen molar-refractivity contribution in [2.45, 2.75) is 6.92 Å². The number of nitrogens with one attached hydrogen (secondary N) is 1. The second-order valence-corrected chi connectivity index (χ2v) is 3.56. The Balaban J connectivity index is 3.04. The number of hydrogen-bond acceptors (Lipinski definition) is 4. The highest BCUT2D eigenvalue weighted by molar-refractivity contribution is 6.32. The van der Waals surface area contributed by atoms with Crippen LogP contribution in [0.1, 0.15) is 6.92 Å². The van der Waals surface area contributed by atoms with E-state index in [4.69, 9.17) is 23.2 Å². The molecule has 0 aliphatic heterocycles. The predicted octanol–water partition coefficient (Wildman–Crippen LogP) is 2.46. The second-order valence-electron chi connectivity index (χ2n) is 3.20. The molecule has 0 saturated heterocycles. The Hall–Kier alpha value is -2.19. The first-order valence-corrected chi connectivity index (χ1v) is 5.54. The average molecular weight is 265 g/mol. The van der Waals surface area contributed by atoms with Crippen molar-refractivity contribution in [2.75, 3.05) is 11.9 Å². The van der Waals surface area contributed by atoms with Gasteiger partial charge >= 0.3 is 0 Å². The van der Waals surface area contributed by atoms with Crippen molar-refractivity contribution in [1.82, 2.24) is 9.78 Å². The number of rotatable bonds is 5. The van der Waals surface area contributed by atoms with Crippen LogP contribution in [-0.4, -0.2) is 27.7 Å². The van der Waals surface area contributed by atoms with Crippen LogP contribution in [0.2, 0.25) is 5.15 Å². The van der Waals surface area contributed by atoms with Crippen LogP contribution in [0.4, 0.5) is 5.69 Å². The van der Waals surface area contributed by atoms with Crippen molar-refractivity contribution in [3.63, 3.8) is 0 Å². The van der Waals surface area contributed by atoms with Gasteiger partial charge in [-0.2, -0.15) is 5.10 Å². The van der Waals surface area contributed by atoms with E-state index in [9.17, 15) is 0 Å². The fraction of sp³-hybridized carbons (Fsp3) is 0.167. The molecule has 0 bridgehead atoms. The number of terminal acetylenes is 1. The third-order valence-corrected chi connectivity index (χ3v) is 2.24. The van der Waals surface area contributed by atoms with E-state index in [1.54, 1.807) is 18.3 Å². The SMILES string of the molecule is C#CCNc1cn(C(/C=N/O)=C/C=C\C)nc1Cl. The number of halogens is 1. The smallest absolute Gasteiger partial charge is 0.174 e. The first kappa shape index (κ1) is 13.9. The van der Waals surface area contributed by atoms with Gasteiger partial charge in [-0.1, -0.05) is 34.8 Å². The molecule has 1 aromatic rings. The summed E-state index contributed by atoms with van der Waals surface area (Å²) in [5, 5.41) is 18.9. The van der Waals surface area contributed by atoms with Crippen LogP contribution < -0.4 is 5.32 Å². The highest BCUT2D eigenvalue weighted by Gasteiger charge is 2.07. The van der Waals surface area contributed by atoms with Gasteiger partial charge in [-0.25, -0.2) is 4.68 Å². The largest absolute Gasteiger partial charge is 0.411 e. The van der Waals surface area contributed by atoms with Crippen LogP contribution in [0.25, 0.3) is 5.70 Å². The molecule has 0 fully saturated rings. The standard InChI is InChI=1S/C12H13ClN4O/c1-3-5-6-10(8-15-18)17-9-11(12(13)16-17)14-7-4-2/h2-3,5-6,8-9,14,18H,7H2,1H3/b5-3-,10-6+,15-8+. The van der Waals surface area contributed by atoms with Crippen LogP contribution >= 0.6 is 11.6 Å². The van der Waals surface area contributed by atoms with E-state index in [-0.39, 0.29) is 0 Å². The molecule has 94 valence electrons. The second kappa shape index (κ2) is 7.20. The number of anilines is 1. The molecule has 6 heteroatoms. The molecule has 0 aliphatic rings. The van der Waals surface area contributed by atoms with Crippen molar-refractivity contribution in [3.05, 3.63) is 29.6 Å². The van der Waals surface area contributed by atoms with Crippen LogP contribution in [0.15, 0.2) is 29.6 Å². The van der Waals surface area contributed by atoms with Gasteiger partial charge in [-0.05, 0) is 13.0 Å². The molecular weight excluding hydrogens is 252 g/mol. The zero-order valence-electron chi connectivity index (χ0n) is 9.84. The molecule has 0 radical (unpaired) electrons. The Morgan fingerprint density at radius 3 is 3.17 bits per heavy atom. The highest BCUT2D eigenvalue weighted by atomic mass is 35.5. The first-order valence-electron chi connectivity index (χ1n) is 5.16. The van der Waals surface area contributed by atoms with E-state index < -0.39 is 0 Å². The Morgan fingerprint density at radius 1 is 1.78 bits per heavy atom. The van der Waals surface area contributed by atoms with Crippen LogP contribution in [0.5, 0.6) is 0 Å². The summed E-state index contributed by atoms with van der Waals surface area (Å²) in [5.41, 5.74) is 1.18. The summed E-state index contributed by atoms with van der Waals surface area (Å²) in [6.07, 6.45) is 13.4. The zero-order chi connectivity index (χ0) is 13.4. The number of oxime groups is 1. The number of allylic oxidation sites excluding steroid dienone is 4. The fourth-order valence-electron chi connectivity index (χ4n) is 1.18. The molecule has 18 heavy (non-hydrogen) atoms. The van der Waals surface area contributed by atoms with Gasteiger partial charge in [0.25, 0.3) is 0 Å². The van der Waals surface area contributed by atoms with Gasteiger partial charge in [-0.15, -0.1) is 6.42 Å². The molecular formula is C12H13ClN4O. The van der Waals surface area contributed by atoms with E-state index >= 15 is 0 Å². The van der Waals surface area contributed by atoms with E-state index in [0.29, 0.717) is 23.1 Å². The topological polar surface area (TPSA) is 62.4 Å². The number of aromatic nitrogens is 2. The molecule has 1 rings (SSSR count). The van der Waals surface area contributed by atoms with Gasteiger partial charge in [0.1, 0.15) is 0 Å². The monoisotopic (exact) mass is 264 g/mol. The van der Waals surface area contributed by atoms with Crippen LogP contribution in [0.3, 0.4) is 0 Å². The highest BCUT2D eigenvalue weighted by Crippen LogP contribution is 2.20. The quantitative estimate of drug-likeness (QED) is 0.282. The fourth-order valence-corrected chi connectivity index (χ4v) is 1.38. The summed E-state index contributed by atoms with van der Waals surface area (Å²) in [5.74, 6) is 2.44. The van der Waals surface area contributed by atoms with Crippen molar-refractivity contribution in [2.24, 2.45) is 5.16 Å². The molecule has 0 spiro atoms. The Labute approximate surface area is 110 Å². The molecule has 2 N–H and O–H groups in total. The van der Waals surface area contributed by atoms with E-state index in [1.807, 2.05) is 13.0 Å². The zero-order valence-corrected chi connectivity index (χ0v) is 10.6. The molecule has 0 saturated carbocycles. The van der Waals surface area contributed by atoms with Gasteiger partial charge in [0, 0.05) is 0 Å². The lowest BCUT2D eigenvalue weighted by molar-refractivity contribution is 0.322. The summed E-state index contributed by atoms with van der Waals surface area (Å²) < 4.78 is 1.49. The van der Waals surface area contributed by atoms with Crippen LogP contribution in [-0.2, 0) is 0 Å². The Kier molecular flexibility index (Phi) is 5.55. The summed E-state index contributed by atoms with van der Waals surface area (Å²) >= 11 is 5.94. The van der Waals surface area contributed by atoms with Gasteiger partial charge in [0.05, 0.1) is 30.3 Å². The maximum absolute atomic E-state index is 8.60. The van der Waals surface area contributed by atoms with Gasteiger partial charge in [-0.3, -0.25) is 0 Å².